The highest BCUT2D eigenvalue weighted by atomic mass is 32.2. The number of alkyl halides is 3. The molecule has 0 atom stereocenters. The molecule has 0 spiro atoms. The molecule has 2 N–H and O–H groups in total. The largest absolute Gasteiger partial charge is 0.416 e. The fourth-order valence-corrected chi connectivity index (χ4v) is 3.32. The number of sulfonamides is 1. The zero-order valence-electron chi connectivity index (χ0n) is 15.4. The fourth-order valence-electron chi connectivity index (χ4n) is 2.39. The molecule has 0 aliphatic rings. The predicted octanol–water partition coefficient (Wildman–Crippen LogP) is 1.96. The summed E-state index contributed by atoms with van der Waals surface area (Å²) in [7, 11) is -2.49. The first kappa shape index (κ1) is 21.2. The summed E-state index contributed by atoms with van der Waals surface area (Å²) in [6.45, 7) is 0.0108. The van der Waals surface area contributed by atoms with Crippen LogP contribution >= 0.6 is 0 Å². The van der Waals surface area contributed by atoms with Crippen molar-refractivity contribution in [2.75, 3.05) is 4.72 Å². The number of anilines is 1. The van der Waals surface area contributed by atoms with Gasteiger partial charge in [-0.15, -0.1) is 5.10 Å². The molecule has 0 unspecified atom stereocenters. The monoisotopic (exact) mass is 440 g/mol. The lowest BCUT2D eigenvalue weighted by molar-refractivity contribution is -0.137. The van der Waals surface area contributed by atoms with Crippen LogP contribution < -0.4 is 10.0 Å². The zero-order valence-corrected chi connectivity index (χ0v) is 16.2. The van der Waals surface area contributed by atoms with Crippen molar-refractivity contribution < 1.29 is 26.4 Å². The number of hydrogen-bond acceptors (Lipinski definition) is 6. The Kier molecular flexibility index (Phi) is 5.73. The maximum absolute atomic E-state index is 12.6. The van der Waals surface area contributed by atoms with Crippen LogP contribution in [0, 0.1) is 0 Å². The summed E-state index contributed by atoms with van der Waals surface area (Å²) < 4.78 is 64.4. The van der Waals surface area contributed by atoms with E-state index < -0.39 is 27.7 Å². The number of carbonyl (C=O) groups excluding carboxylic acids is 1. The average Bonchev–Trinajstić information content (AvgIpc) is 3.09. The number of aromatic nitrogens is 4. The van der Waals surface area contributed by atoms with E-state index in [1.807, 2.05) is 0 Å². The highest BCUT2D eigenvalue weighted by Gasteiger charge is 2.29. The van der Waals surface area contributed by atoms with Crippen molar-refractivity contribution in [2.45, 2.75) is 17.6 Å². The normalized spacial score (nSPS) is 11.9. The molecule has 1 aromatic heterocycles. The first-order valence-electron chi connectivity index (χ1n) is 8.36. The van der Waals surface area contributed by atoms with E-state index in [0.29, 0.717) is 5.56 Å². The van der Waals surface area contributed by atoms with E-state index in [4.69, 9.17) is 0 Å². The number of hydrogen-bond donors (Lipinski definition) is 2. The lowest BCUT2D eigenvalue weighted by Crippen LogP contribution is -2.23. The highest BCUT2D eigenvalue weighted by molar-refractivity contribution is 7.92. The van der Waals surface area contributed by atoms with Gasteiger partial charge in [-0.2, -0.15) is 18.0 Å². The molecular weight excluding hydrogens is 425 g/mol. The molecular formula is C17H15F3N6O3S. The van der Waals surface area contributed by atoms with Crippen molar-refractivity contribution in [3.63, 3.8) is 0 Å². The summed E-state index contributed by atoms with van der Waals surface area (Å²) in [6, 6.07) is 9.47. The van der Waals surface area contributed by atoms with E-state index in [0.717, 1.165) is 16.9 Å². The highest BCUT2D eigenvalue weighted by Crippen LogP contribution is 2.29. The van der Waals surface area contributed by atoms with Gasteiger partial charge in [0.1, 0.15) is 0 Å². The van der Waals surface area contributed by atoms with Gasteiger partial charge in [-0.05, 0) is 47.2 Å². The molecule has 0 saturated carbocycles. The van der Waals surface area contributed by atoms with E-state index in [9.17, 15) is 26.4 Å². The van der Waals surface area contributed by atoms with Crippen LogP contribution in [-0.2, 0) is 29.8 Å². The van der Waals surface area contributed by atoms with Crippen molar-refractivity contribution >= 4 is 21.9 Å². The quantitative estimate of drug-likeness (QED) is 0.605. The second kappa shape index (κ2) is 8.10. The van der Waals surface area contributed by atoms with E-state index >= 15 is 0 Å². The Labute approximate surface area is 169 Å². The summed E-state index contributed by atoms with van der Waals surface area (Å²) in [5, 5.41) is 13.3. The molecule has 0 aliphatic carbocycles. The van der Waals surface area contributed by atoms with Gasteiger partial charge in [-0.1, -0.05) is 17.2 Å². The molecule has 0 bridgehead atoms. The van der Waals surface area contributed by atoms with Crippen LogP contribution in [0.15, 0.2) is 53.4 Å². The number of halogens is 3. The maximum atomic E-state index is 12.6. The first-order valence-corrected chi connectivity index (χ1v) is 9.84. The molecule has 0 saturated heterocycles. The third-order valence-electron chi connectivity index (χ3n) is 3.90. The third-order valence-corrected chi connectivity index (χ3v) is 5.24. The maximum Gasteiger partial charge on any atom is 0.416 e. The number of carbonyl (C=O) groups is 1. The minimum absolute atomic E-state index is 0.0108. The second-order valence-corrected chi connectivity index (χ2v) is 7.79. The molecule has 0 aliphatic heterocycles. The second-order valence-electron chi connectivity index (χ2n) is 6.11. The van der Waals surface area contributed by atoms with Crippen LogP contribution in [-0.4, -0.2) is 34.5 Å². The molecule has 0 fully saturated rings. The van der Waals surface area contributed by atoms with Crippen molar-refractivity contribution in [3.05, 3.63) is 65.2 Å². The lowest BCUT2D eigenvalue weighted by atomic mass is 10.1. The predicted molar refractivity (Wildman–Crippen MR) is 98.7 cm³/mol. The van der Waals surface area contributed by atoms with Crippen LogP contribution in [0.1, 0.15) is 21.5 Å². The smallest absolute Gasteiger partial charge is 0.348 e. The summed E-state index contributed by atoms with van der Waals surface area (Å²) in [5.74, 6) is -0.710. The molecule has 3 rings (SSSR count). The van der Waals surface area contributed by atoms with Crippen molar-refractivity contribution in [2.24, 2.45) is 7.05 Å². The molecule has 1 heterocycles. The van der Waals surface area contributed by atoms with E-state index in [2.05, 4.69) is 25.4 Å². The van der Waals surface area contributed by atoms with Crippen molar-refractivity contribution in [1.82, 2.24) is 25.5 Å². The number of rotatable bonds is 6. The van der Waals surface area contributed by atoms with E-state index in [1.165, 1.54) is 43.4 Å². The van der Waals surface area contributed by atoms with Gasteiger partial charge in [0.25, 0.3) is 21.9 Å². The Morgan fingerprint density at radius 3 is 2.23 bits per heavy atom. The van der Waals surface area contributed by atoms with Crippen LogP contribution in [0.3, 0.4) is 0 Å². The molecule has 158 valence electrons. The van der Waals surface area contributed by atoms with Crippen LogP contribution in [0.4, 0.5) is 19.1 Å². The molecule has 1 amide bonds. The number of amides is 1. The summed E-state index contributed by atoms with van der Waals surface area (Å²) >= 11 is 0. The molecule has 13 heteroatoms. The van der Waals surface area contributed by atoms with Gasteiger partial charge < -0.3 is 5.32 Å². The Hall–Kier alpha value is -3.48. The third kappa shape index (κ3) is 5.11. The van der Waals surface area contributed by atoms with E-state index in [1.54, 1.807) is 0 Å². The Bertz CT molecular complexity index is 1140. The number of nitrogens with one attached hydrogen (secondary N) is 2. The average molecular weight is 440 g/mol. The number of benzene rings is 2. The number of nitrogens with zero attached hydrogens (tertiary/aromatic N) is 4. The lowest BCUT2D eigenvalue weighted by Gasteiger charge is -2.09. The topological polar surface area (TPSA) is 119 Å². The fraction of sp³-hybridized carbons (Fsp3) is 0.176. The van der Waals surface area contributed by atoms with Gasteiger partial charge in [-0.25, -0.2) is 13.1 Å². The van der Waals surface area contributed by atoms with Gasteiger partial charge in [0.05, 0.1) is 17.5 Å². The van der Waals surface area contributed by atoms with Gasteiger partial charge in [0.2, 0.25) is 0 Å². The Balaban J connectivity index is 1.62. The van der Waals surface area contributed by atoms with Crippen LogP contribution in [0.5, 0.6) is 0 Å². The summed E-state index contributed by atoms with van der Waals surface area (Å²) in [5.41, 5.74) is -0.116. The van der Waals surface area contributed by atoms with Gasteiger partial charge in [0, 0.05) is 12.1 Å². The van der Waals surface area contributed by atoms with Crippen molar-refractivity contribution in [3.8, 4) is 0 Å². The summed E-state index contributed by atoms with van der Waals surface area (Å²) in [6.07, 6.45) is -4.43. The SMILES string of the molecule is Cn1nnc(NS(=O)(=O)c2ccc(C(=O)NCc3ccc(C(F)(F)F)cc3)cc2)n1. The van der Waals surface area contributed by atoms with Crippen LogP contribution in [0.25, 0.3) is 0 Å². The number of aryl methyl sites for hydroxylation is 1. The molecule has 9 nitrogen and oxygen atoms in total. The molecule has 30 heavy (non-hydrogen) atoms. The number of tetrazole rings is 1. The van der Waals surface area contributed by atoms with Gasteiger partial charge in [-0.3, -0.25) is 4.79 Å². The molecule has 0 radical (unpaired) electrons. The Morgan fingerprint density at radius 2 is 1.70 bits per heavy atom. The van der Waals surface area contributed by atoms with Gasteiger partial charge in [0.15, 0.2) is 0 Å². The van der Waals surface area contributed by atoms with Crippen LogP contribution in [0.2, 0.25) is 0 Å². The minimum Gasteiger partial charge on any atom is -0.348 e. The zero-order chi connectivity index (χ0) is 21.9. The van der Waals surface area contributed by atoms with Crippen molar-refractivity contribution in [1.29, 1.82) is 0 Å². The standard InChI is InChI=1S/C17H15F3N6O3S/c1-26-23-16(22-25-26)24-30(28,29)14-8-4-12(5-9-14)15(27)21-10-11-2-6-13(7-3-11)17(18,19)20/h2-9H,10H2,1H3,(H,21,27)(H,23,24). The first-order chi connectivity index (χ1) is 14.0. The molecule has 2 aromatic carbocycles. The summed E-state index contributed by atoms with van der Waals surface area (Å²) in [4.78, 5) is 13.2. The minimum atomic E-state index is -4.43. The van der Waals surface area contributed by atoms with E-state index in [-0.39, 0.29) is 23.0 Å². The van der Waals surface area contributed by atoms with Gasteiger partial charge >= 0.3 is 6.18 Å². The Morgan fingerprint density at radius 1 is 1.07 bits per heavy atom. The molecule has 3 aromatic rings.